The molecule has 0 saturated heterocycles. The smallest absolute Gasteiger partial charge is 0.337 e. The van der Waals surface area contributed by atoms with Gasteiger partial charge in [-0.25, -0.2) is 4.79 Å². The summed E-state index contributed by atoms with van der Waals surface area (Å²) in [7, 11) is -0.502. The Morgan fingerprint density at radius 3 is 2.41 bits per heavy atom. The van der Waals surface area contributed by atoms with Crippen LogP contribution in [-0.4, -0.2) is 38.2 Å². The molecule has 27 heavy (non-hydrogen) atoms. The minimum Gasteiger partial charge on any atom is -0.467 e. The zero-order chi connectivity index (χ0) is 20.8. The van der Waals surface area contributed by atoms with Gasteiger partial charge in [-0.2, -0.15) is 0 Å². The Labute approximate surface area is 166 Å². The molecule has 0 heterocycles. The van der Waals surface area contributed by atoms with E-state index in [1.807, 2.05) is 0 Å². The highest BCUT2D eigenvalue weighted by molar-refractivity contribution is 6.74. The molecule has 2 unspecified atom stereocenters. The van der Waals surface area contributed by atoms with Crippen LogP contribution in [0.25, 0.3) is 0 Å². The molecule has 0 aromatic heterocycles. The third-order valence-electron chi connectivity index (χ3n) is 7.96. The van der Waals surface area contributed by atoms with Crippen LogP contribution in [0.2, 0.25) is 18.1 Å². The van der Waals surface area contributed by atoms with Gasteiger partial charge in [-0.15, -0.1) is 0 Å². The summed E-state index contributed by atoms with van der Waals surface area (Å²) < 4.78 is 11.7. The molecule has 0 bridgehead atoms. The Morgan fingerprint density at radius 2 is 1.89 bits per heavy atom. The third kappa shape index (κ3) is 4.06. The molecule has 5 atom stereocenters. The number of aliphatic hydroxyl groups is 1. The van der Waals surface area contributed by atoms with Gasteiger partial charge in [-0.05, 0) is 62.1 Å². The molecule has 0 aromatic rings. The summed E-state index contributed by atoms with van der Waals surface area (Å²) in [6.45, 7) is 17.7. The molecule has 0 aromatic carbocycles. The molecular formula is C22H40O4Si. The first-order chi connectivity index (χ1) is 12.2. The molecule has 0 amide bonds. The van der Waals surface area contributed by atoms with Crippen molar-refractivity contribution in [2.45, 2.75) is 97.1 Å². The number of ether oxygens (including phenoxy) is 1. The Hall–Kier alpha value is -0.653. The van der Waals surface area contributed by atoms with E-state index in [4.69, 9.17) is 9.16 Å². The molecule has 156 valence electrons. The molecule has 1 N–H and O–H groups in total. The maximum absolute atomic E-state index is 12.1. The van der Waals surface area contributed by atoms with Crippen molar-refractivity contribution >= 4 is 14.3 Å². The molecule has 0 radical (unpaired) electrons. The van der Waals surface area contributed by atoms with E-state index in [9.17, 15) is 9.90 Å². The van der Waals surface area contributed by atoms with Crippen LogP contribution in [-0.2, 0) is 14.0 Å². The van der Waals surface area contributed by atoms with E-state index in [0.717, 1.165) is 25.7 Å². The maximum Gasteiger partial charge on any atom is 0.337 e. The Bertz CT molecular complexity index is 602. The van der Waals surface area contributed by atoms with Crippen molar-refractivity contribution in [3.63, 3.8) is 0 Å². The first-order valence-corrected chi connectivity index (χ1v) is 13.3. The molecule has 1 fully saturated rings. The molecule has 2 rings (SSSR count). The summed E-state index contributed by atoms with van der Waals surface area (Å²) in [6.07, 6.45) is 6.13. The van der Waals surface area contributed by atoms with Crippen LogP contribution in [0.4, 0.5) is 0 Å². The number of rotatable bonds is 4. The van der Waals surface area contributed by atoms with Gasteiger partial charge in [0, 0.05) is 12.0 Å². The zero-order valence-corrected chi connectivity index (χ0v) is 19.8. The minimum atomic E-state index is -1.84. The second-order valence-corrected chi connectivity index (χ2v) is 15.4. The largest absolute Gasteiger partial charge is 0.467 e. The predicted octanol–water partition coefficient (Wildman–Crippen LogP) is 5.07. The zero-order valence-electron chi connectivity index (χ0n) is 18.8. The van der Waals surface area contributed by atoms with Gasteiger partial charge in [0.05, 0.1) is 7.11 Å². The van der Waals surface area contributed by atoms with Gasteiger partial charge in [-0.3, -0.25) is 0 Å². The number of allylic oxidation sites excluding steroid dienone is 2. The first-order valence-electron chi connectivity index (χ1n) is 10.3. The van der Waals surface area contributed by atoms with Crippen molar-refractivity contribution < 1.29 is 19.1 Å². The van der Waals surface area contributed by atoms with Gasteiger partial charge in [0.25, 0.3) is 0 Å². The van der Waals surface area contributed by atoms with E-state index in [1.165, 1.54) is 12.7 Å². The summed E-state index contributed by atoms with van der Waals surface area (Å²) in [5.74, 6) is -0.318. The van der Waals surface area contributed by atoms with Crippen LogP contribution in [0.5, 0.6) is 0 Å². The van der Waals surface area contributed by atoms with E-state index in [2.05, 4.69) is 53.8 Å². The van der Waals surface area contributed by atoms with E-state index < -0.39 is 19.9 Å². The minimum absolute atomic E-state index is 0.0494. The lowest BCUT2D eigenvalue weighted by atomic mass is 9.56. The molecule has 0 aliphatic heterocycles. The van der Waals surface area contributed by atoms with Gasteiger partial charge in [0.15, 0.2) is 13.9 Å². The van der Waals surface area contributed by atoms with Crippen LogP contribution >= 0.6 is 0 Å². The second-order valence-electron chi connectivity index (χ2n) is 10.7. The Kier molecular flexibility index (Phi) is 6.13. The topological polar surface area (TPSA) is 55.8 Å². The van der Waals surface area contributed by atoms with Crippen molar-refractivity contribution in [1.82, 2.24) is 0 Å². The number of esters is 1. The van der Waals surface area contributed by atoms with Crippen molar-refractivity contribution in [2.24, 2.45) is 17.3 Å². The van der Waals surface area contributed by atoms with E-state index >= 15 is 0 Å². The van der Waals surface area contributed by atoms with Gasteiger partial charge < -0.3 is 14.3 Å². The van der Waals surface area contributed by atoms with Gasteiger partial charge in [-0.1, -0.05) is 46.3 Å². The second kappa shape index (κ2) is 7.31. The van der Waals surface area contributed by atoms with Gasteiger partial charge in [0.2, 0.25) is 0 Å². The molecule has 5 heteroatoms. The summed E-state index contributed by atoms with van der Waals surface area (Å²) >= 11 is 0. The lowest BCUT2D eigenvalue weighted by Gasteiger charge is -2.53. The first kappa shape index (κ1) is 22.6. The van der Waals surface area contributed by atoms with Crippen LogP contribution < -0.4 is 0 Å². The Balaban J connectivity index is 2.26. The monoisotopic (exact) mass is 396 g/mol. The lowest BCUT2D eigenvalue weighted by Crippen LogP contribution is -2.53. The maximum atomic E-state index is 12.1. The molecule has 0 spiro atoms. The number of carbonyl (C=O) groups is 1. The van der Waals surface area contributed by atoms with Crippen molar-refractivity contribution in [1.29, 1.82) is 0 Å². The average molecular weight is 397 g/mol. The number of fused-ring (bicyclic) bond motifs is 1. The highest BCUT2D eigenvalue weighted by atomic mass is 28.4. The lowest BCUT2D eigenvalue weighted by molar-refractivity contribution is -0.168. The third-order valence-corrected chi connectivity index (χ3v) is 12.5. The van der Waals surface area contributed by atoms with Crippen LogP contribution in [0.3, 0.4) is 0 Å². The molecule has 2 aliphatic carbocycles. The SMILES string of the molecule is COC(=O)C(C)(O)C1CC=C2CC[C@H](O[Si](C)(C)C(C)(C)C)[C@H](C)[C@@]2(C)C1. The van der Waals surface area contributed by atoms with Gasteiger partial charge >= 0.3 is 5.97 Å². The number of methoxy groups -OCH3 is 1. The highest BCUT2D eigenvalue weighted by Crippen LogP contribution is 2.55. The van der Waals surface area contributed by atoms with Crippen molar-refractivity contribution in [3.05, 3.63) is 11.6 Å². The molecule has 2 aliphatic rings. The highest BCUT2D eigenvalue weighted by Gasteiger charge is 2.52. The predicted molar refractivity (Wildman–Crippen MR) is 112 cm³/mol. The van der Waals surface area contributed by atoms with Crippen molar-refractivity contribution in [3.8, 4) is 0 Å². The fourth-order valence-electron chi connectivity index (χ4n) is 4.59. The van der Waals surface area contributed by atoms with Gasteiger partial charge in [0.1, 0.15) is 0 Å². The summed E-state index contributed by atoms with van der Waals surface area (Å²) in [4.78, 5) is 12.1. The van der Waals surface area contributed by atoms with E-state index in [-0.39, 0.29) is 22.5 Å². The standard InChI is InChI=1S/C22H40O4Si/c1-15-18(26-27(8,9)20(2,3)4)13-12-16-10-11-17(14-21(15,16)5)22(6,24)19(23)25-7/h10,15,17-18,24H,11-14H2,1-9H3/t15-,17?,18-,21+,22?/m0/s1. The van der Waals surface area contributed by atoms with Crippen LogP contribution in [0.1, 0.15) is 67.2 Å². The van der Waals surface area contributed by atoms with E-state index in [0.29, 0.717) is 5.92 Å². The average Bonchev–Trinajstić information content (AvgIpc) is 2.55. The molecule has 1 saturated carbocycles. The molecular weight excluding hydrogens is 356 g/mol. The number of hydrogen-bond acceptors (Lipinski definition) is 4. The quantitative estimate of drug-likeness (QED) is 0.409. The summed E-state index contributed by atoms with van der Waals surface area (Å²) in [6, 6.07) is 0. The van der Waals surface area contributed by atoms with Crippen LogP contribution in [0.15, 0.2) is 11.6 Å². The number of carbonyl (C=O) groups excluding carboxylic acids is 1. The normalized spacial score (nSPS) is 34.3. The fourth-order valence-corrected chi connectivity index (χ4v) is 6.02. The fraction of sp³-hybridized carbons (Fsp3) is 0.864. The van der Waals surface area contributed by atoms with E-state index in [1.54, 1.807) is 6.92 Å². The molecule has 4 nitrogen and oxygen atoms in total. The Morgan fingerprint density at radius 1 is 1.30 bits per heavy atom. The van der Waals surface area contributed by atoms with Crippen molar-refractivity contribution in [2.75, 3.05) is 7.11 Å². The summed E-state index contributed by atoms with van der Waals surface area (Å²) in [5, 5.41) is 11.0. The number of hydrogen-bond donors (Lipinski definition) is 1. The summed E-state index contributed by atoms with van der Waals surface area (Å²) in [5.41, 5.74) is -0.0270. The van der Waals surface area contributed by atoms with Crippen LogP contribution in [0, 0.1) is 17.3 Å².